The van der Waals surface area contributed by atoms with Crippen molar-refractivity contribution < 1.29 is 9.90 Å². The number of hydrogen-bond acceptors (Lipinski definition) is 2. The zero-order valence-electron chi connectivity index (χ0n) is 34.7. The van der Waals surface area contributed by atoms with E-state index in [-0.39, 0.29) is 41.3 Å². The van der Waals surface area contributed by atoms with Gasteiger partial charge in [0.25, 0.3) is 0 Å². The fourth-order valence-electron chi connectivity index (χ4n) is 8.02. The van der Waals surface area contributed by atoms with E-state index in [0.717, 1.165) is 71.8 Å². The molecule has 1 atom stereocenters. The Bertz CT molecular complexity index is 3300. The van der Waals surface area contributed by atoms with Crippen LogP contribution in [0.1, 0.15) is 11.9 Å². The molecular formula is C54H39NO. The van der Waals surface area contributed by atoms with E-state index in [0.29, 0.717) is 16.9 Å². The van der Waals surface area contributed by atoms with Gasteiger partial charge in [0.15, 0.2) is 0 Å². The minimum atomic E-state index is -0.157. The molecule has 1 unspecified atom stereocenters. The number of furan rings is 1. The van der Waals surface area contributed by atoms with Crippen LogP contribution in [-0.2, 0) is 0 Å². The highest BCUT2D eigenvalue weighted by Crippen LogP contribution is 2.44. The Labute approximate surface area is 332 Å². The summed E-state index contributed by atoms with van der Waals surface area (Å²) in [6.07, 6.45) is 17.0. The largest absolute Gasteiger partial charge is 0.456 e. The highest BCUT2D eigenvalue weighted by atomic mass is 16.3. The van der Waals surface area contributed by atoms with Crippen molar-refractivity contribution in [3.8, 4) is 22.3 Å². The summed E-state index contributed by atoms with van der Waals surface area (Å²) in [7, 11) is 0. The van der Waals surface area contributed by atoms with E-state index in [1.807, 2.05) is 114 Å². The number of hydrogen-bond donors (Lipinski definition) is 0. The van der Waals surface area contributed by atoms with Crippen LogP contribution in [0.3, 0.4) is 0 Å². The second-order valence-electron chi connectivity index (χ2n) is 14.2. The summed E-state index contributed by atoms with van der Waals surface area (Å²) >= 11 is 0. The van der Waals surface area contributed by atoms with Crippen LogP contribution < -0.4 is 4.90 Å². The van der Waals surface area contributed by atoms with Crippen molar-refractivity contribution >= 4 is 65.6 Å². The van der Waals surface area contributed by atoms with Crippen molar-refractivity contribution in [2.45, 2.75) is 6.42 Å². The number of anilines is 2. The Morgan fingerprint density at radius 2 is 1.39 bits per heavy atom. The van der Waals surface area contributed by atoms with E-state index >= 15 is 0 Å². The third kappa shape index (κ3) is 6.02. The summed E-state index contributed by atoms with van der Waals surface area (Å²) in [6.45, 7) is 4.23. The van der Waals surface area contributed by atoms with Crippen LogP contribution in [0.15, 0.2) is 223 Å². The van der Waals surface area contributed by atoms with Gasteiger partial charge in [-0.05, 0) is 116 Å². The van der Waals surface area contributed by atoms with Crippen molar-refractivity contribution in [2.24, 2.45) is 5.92 Å². The van der Waals surface area contributed by atoms with E-state index in [2.05, 4.69) is 73.3 Å². The monoisotopic (exact) mass is 721 g/mol. The molecule has 0 saturated heterocycles. The molecule has 9 aromatic rings. The second kappa shape index (κ2) is 14.2. The summed E-state index contributed by atoms with van der Waals surface area (Å²) in [6, 6.07) is 44.1. The lowest BCUT2D eigenvalue weighted by molar-refractivity contribution is 0.669. The number of benzene rings is 8. The summed E-state index contributed by atoms with van der Waals surface area (Å²) < 4.78 is 45.0. The average Bonchev–Trinajstić information content (AvgIpc) is 3.66. The molecule has 1 aliphatic rings. The molecule has 2 nitrogen and oxygen atoms in total. The zero-order chi connectivity index (χ0) is 40.9. The molecule has 0 radical (unpaired) electrons. The summed E-state index contributed by atoms with van der Waals surface area (Å²) in [5, 5.41) is 8.40. The zero-order valence-corrected chi connectivity index (χ0v) is 30.7. The molecule has 0 fully saturated rings. The molecule has 2 heteroatoms. The first-order valence-corrected chi connectivity index (χ1v) is 19.0. The van der Waals surface area contributed by atoms with Crippen LogP contribution in [0.5, 0.6) is 0 Å². The summed E-state index contributed by atoms with van der Waals surface area (Å²) in [5.41, 5.74) is 5.54. The van der Waals surface area contributed by atoms with Gasteiger partial charge in [0.05, 0.1) is 11.2 Å². The van der Waals surface area contributed by atoms with Crippen LogP contribution in [0.25, 0.3) is 76.5 Å². The molecule has 1 heterocycles. The Balaban J connectivity index is 1.19. The number of rotatable bonds is 8. The fraction of sp³-hybridized carbons (Fsp3) is 0.0370. The van der Waals surface area contributed by atoms with Gasteiger partial charge in [0.1, 0.15) is 11.2 Å². The summed E-state index contributed by atoms with van der Waals surface area (Å²) in [4.78, 5) is 1.83. The molecule has 0 saturated carbocycles. The van der Waals surface area contributed by atoms with E-state index in [1.54, 1.807) is 6.08 Å². The maximum atomic E-state index is 9.70. The Hall–Kier alpha value is -7.16. The van der Waals surface area contributed by atoms with Gasteiger partial charge in [0, 0.05) is 27.7 Å². The van der Waals surface area contributed by atoms with Crippen LogP contribution in [0.4, 0.5) is 11.4 Å². The van der Waals surface area contributed by atoms with Gasteiger partial charge < -0.3 is 9.32 Å². The van der Waals surface area contributed by atoms with Gasteiger partial charge in [0.2, 0.25) is 0 Å². The third-order valence-electron chi connectivity index (χ3n) is 10.8. The quantitative estimate of drug-likeness (QED) is 0.115. The lowest BCUT2D eigenvalue weighted by Gasteiger charge is -2.29. The molecule has 0 spiro atoms. The molecule has 56 heavy (non-hydrogen) atoms. The molecule has 10 rings (SSSR count). The molecule has 1 aliphatic carbocycles. The smallest absolute Gasteiger partial charge is 0.136 e. The molecular weight excluding hydrogens is 679 g/mol. The standard InChI is InChI=1S/C54H39NO/c1-2-44(20-12-16-37-14-4-3-5-15-37)55(45-31-28-38(29-32-45)42-30-33-47-43(34-42)27-26-39-17-8-9-21-46(39)47)51-24-11-10-22-48(51)49-23-13-25-52-54(49)50-35-40-18-6-7-19-41(40)36-53(50)56-52/h2-14,16-37H,1,15H2/b16-12+,44-20+/i28D,29D,31D,32D. The minimum Gasteiger partial charge on any atom is -0.456 e. The number of fused-ring (bicyclic) bond motifs is 7. The van der Waals surface area contributed by atoms with Gasteiger partial charge in [-0.2, -0.15) is 0 Å². The van der Waals surface area contributed by atoms with Gasteiger partial charge in [-0.25, -0.2) is 0 Å². The van der Waals surface area contributed by atoms with E-state index in [9.17, 15) is 5.48 Å². The highest BCUT2D eigenvalue weighted by Gasteiger charge is 2.21. The van der Waals surface area contributed by atoms with Crippen LogP contribution in [0.2, 0.25) is 0 Å². The topological polar surface area (TPSA) is 16.4 Å². The predicted molar refractivity (Wildman–Crippen MR) is 239 cm³/mol. The first-order valence-electron chi connectivity index (χ1n) is 21.0. The molecule has 0 amide bonds. The van der Waals surface area contributed by atoms with E-state index in [1.165, 1.54) is 0 Å². The molecule has 8 aromatic carbocycles. The first kappa shape index (κ1) is 29.2. The summed E-state index contributed by atoms with van der Waals surface area (Å²) in [5.74, 6) is 0.221. The fourth-order valence-corrected chi connectivity index (χ4v) is 8.02. The number of nitrogens with zero attached hydrogens (tertiary/aromatic N) is 1. The average molecular weight is 722 g/mol. The maximum Gasteiger partial charge on any atom is 0.136 e. The van der Waals surface area contributed by atoms with E-state index < -0.39 is 0 Å². The third-order valence-corrected chi connectivity index (χ3v) is 10.8. The number of allylic oxidation sites excluding steroid dienone is 8. The van der Waals surface area contributed by atoms with Crippen molar-refractivity contribution in [1.29, 1.82) is 0 Å². The van der Waals surface area contributed by atoms with Gasteiger partial charge in [-0.3, -0.25) is 0 Å². The molecule has 0 N–H and O–H groups in total. The van der Waals surface area contributed by atoms with Gasteiger partial charge in [-0.1, -0.05) is 158 Å². The molecule has 266 valence electrons. The molecule has 0 bridgehead atoms. The van der Waals surface area contributed by atoms with Crippen LogP contribution in [0, 0.1) is 5.92 Å². The minimum absolute atomic E-state index is 0.124. The highest BCUT2D eigenvalue weighted by molar-refractivity contribution is 6.16. The first-order chi connectivity index (χ1) is 29.4. The van der Waals surface area contributed by atoms with Crippen molar-refractivity contribution in [3.63, 3.8) is 0 Å². The Kier molecular flexibility index (Phi) is 7.43. The molecule has 0 aliphatic heterocycles. The van der Waals surface area contributed by atoms with Crippen LogP contribution >= 0.6 is 0 Å². The lowest BCUT2D eigenvalue weighted by atomic mass is 9.95. The SMILES string of the molecule is [2H]c1c([2H])c(N(/C(C=C)=C/C=C/C2C=CC=CC2)c2ccccc2-c2cccc3oc4cc5ccccc5cc4c23)c([2H])c([2H])c1-c1ccc2c(ccc3ccccc32)c1. The Morgan fingerprint density at radius 1 is 0.643 bits per heavy atom. The van der Waals surface area contributed by atoms with Crippen molar-refractivity contribution in [1.82, 2.24) is 0 Å². The van der Waals surface area contributed by atoms with Crippen molar-refractivity contribution in [3.05, 3.63) is 219 Å². The van der Waals surface area contributed by atoms with Gasteiger partial charge >= 0.3 is 0 Å². The maximum absolute atomic E-state index is 9.70. The lowest BCUT2D eigenvalue weighted by Crippen LogP contribution is -2.16. The molecule has 1 aromatic heterocycles. The van der Waals surface area contributed by atoms with Crippen molar-refractivity contribution in [2.75, 3.05) is 4.90 Å². The second-order valence-corrected chi connectivity index (χ2v) is 14.2. The normalized spacial score (nSPS) is 15.5. The van der Waals surface area contributed by atoms with E-state index in [4.69, 9.17) is 4.42 Å². The van der Waals surface area contributed by atoms with Crippen LogP contribution in [-0.4, -0.2) is 0 Å². The number of para-hydroxylation sites is 1. The Morgan fingerprint density at radius 3 is 2.23 bits per heavy atom. The predicted octanol–water partition coefficient (Wildman–Crippen LogP) is 15.3. The van der Waals surface area contributed by atoms with Gasteiger partial charge in [-0.15, -0.1) is 0 Å².